The van der Waals surface area contributed by atoms with Crippen LogP contribution < -0.4 is 0 Å². The minimum absolute atomic E-state index is 0.196. The molecule has 6 heavy (non-hydrogen) atoms. The van der Waals surface area contributed by atoms with Crippen molar-refractivity contribution in [2.75, 3.05) is 5.75 Å². The Morgan fingerprint density at radius 2 is 2.50 bits per heavy atom. The van der Waals surface area contributed by atoms with Crippen LogP contribution in [-0.2, 0) is 7.81 Å². The summed E-state index contributed by atoms with van der Waals surface area (Å²) in [5.41, 5.74) is 0. The number of carbonyl (C=O) groups excluding carboxylic acids is 1. The molecule has 0 heterocycles. The zero-order valence-electron chi connectivity index (χ0n) is 3.05. The Labute approximate surface area is 55.7 Å². The zero-order chi connectivity index (χ0) is 4.99. The van der Waals surface area contributed by atoms with Crippen molar-refractivity contribution in [2.45, 2.75) is 0 Å². The van der Waals surface area contributed by atoms with Crippen LogP contribution in [0, 0.1) is 0 Å². The van der Waals surface area contributed by atoms with Gasteiger partial charge in [0.2, 0.25) is 0 Å². The molecule has 0 unspecified atom stereocenters. The van der Waals surface area contributed by atoms with Gasteiger partial charge in [-0.3, -0.25) is 0 Å². The third kappa shape index (κ3) is 2.85. The Hall–Kier alpha value is 0.638. The van der Waals surface area contributed by atoms with Crippen molar-refractivity contribution < 1.29 is 7.81 Å². The Morgan fingerprint density at radius 1 is 2.00 bits per heavy atom. The van der Waals surface area contributed by atoms with E-state index in [0.717, 1.165) is 0 Å². The van der Waals surface area contributed by atoms with Crippen LogP contribution in [0.3, 0.4) is 0 Å². The maximum absolute atomic E-state index is 9.91. The number of rotatable bonds is 1. The van der Waals surface area contributed by atoms with E-state index in [1.54, 1.807) is 0 Å². The van der Waals surface area contributed by atoms with Crippen LogP contribution >= 0.6 is 12.6 Å². The summed E-state index contributed by atoms with van der Waals surface area (Å²) >= 11 is 4.18. The van der Waals surface area contributed by atoms with Crippen molar-refractivity contribution in [3.05, 3.63) is 0 Å². The van der Waals surface area contributed by atoms with Gasteiger partial charge in [-0.15, -0.1) is 0 Å². The van der Waals surface area contributed by atoms with Crippen LogP contribution in [0.15, 0.2) is 0 Å². The number of hydrogen-bond acceptors (Lipinski definition) is 3. The van der Waals surface area contributed by atoms with Crippen LogP contribution in [-0.4, -0.2) is 35.2 Å². The summed E-state index contributed by atoms with van der Waals surface area (Å²) in [6, 6.07) is 0. The molecule has 2 nitrogen and oxygen atoms in total. The van der Waals surface area contributed by atoms with Crippen molar-refractivity contribution in [3.63, 3.8) is 0 Å². The molecule has 0 aromatic heterocycles. The van der Waals surface area contributed by atoms with Gasteiger partial charge in [-0.05, 0) is 0 Å². The average Bonchev–Trinajstić information content (AvgIpc) is 1.65. The van der Waals surface area contributed by atoms with Gasteiger partial charge in [0.25, 0.3) is 0 Å². The summed E-state index contributed by atoms with van der Waals surface area (Å²) in [6.45, 7) is 0. The molecule has 0 aromatic carbocycles. The monoisotopic (exact) mass is 214 g/mol. The fourth-order valence-corrected chi connectivity index (χ4v) is 0.750. The summed E-state index contributed by atoms with van der Waals surface area (Å²) in [4.78, 5) is 9.91. The van der Waals surface area contributed by atoms with E-state index in [-0.39, 0.29) is 11.7 Å². The molecule has 0 spiro atoms. The van der Waals surface area contributed by atoms with Gasteiger partial charge in [-0.2, -0.15) is 0 Å². The first-order valence-electron chi connectivity index (χ1n) is 1.31. The summed E-state index contributed by atoms with van der Waals surface area (Å²) in [6.07, 6.45) is 0. The molecular formula is C2H5O2SSb. The Morgan fingerprint density at radius 3 is 2.50 bits per heavy atom. The molecular weight excluding hydrogens is 210 g/mol. The first-order chi connectivity index (χ1) is 2.81. The second kappa shape index (κ2) is 3.82. The van der Waals surface area contributed by atoms with Crippen LogP contribution in [0.5, 0.6) is 0 Å². The topological polar surface area (TPSA) is 26.3 Å². The minimum atomic E-state index is -0.235. The summed E-state index contributed by atoms with van der Waals surface area (Å²) in [5, 5.41) is 0. The maximum atomic E-state index is 9.91. The molecule has 0 aliphatic heterocycles. The normalized spacial score (nSPS) is 7.67. The van der Waals surface area contributed by atoms with Crippen molar-refractivity contribution in [1.29, 1.82) is 0 Å². The summed E-state index contributed by atoms with van der Waals surface area (Å²) < 4.78 is 4.31. The SMILES string of the molecule is O=C(CS)[O][SbH2]. The van der Waals surface area contributed by atoms with Gasteiger partial charge < -0.3 is 0 Å². The molecule has 0 N–H and O–H groups in total. The van der Waals surface area contributed by atoms with Gasteiger partial charge in [-0.25, -0.2) is 0 Å². The summed E-state index contributed by atoms with van der Waals surface area (Å²) in [5.74, 6) is -0.0397. The van der Waals surface area contributed by atoms with Gasteiger partial charge in [-0.1, -0.05) is 0 Å². The molecule has 4 heteroatoms. The second-order valence-corrected chi connectivity index (χ2v) is 1.64. The number of hydrogen-bond donors (Lipinski definition) is 1. The molecule has 0 fully saturated rings. The molecule has 0 atom stereocenters. The van der Waals surface area contributed by atoms with Crippen molar-refractivity contribution in [3.8, 4) is 0 Å². The van der Waals surface area contributed by atoms with E-state index in [1.165, 1.54) is 0 Å². The Bertz CT molecular complexity index is 49.5. The Balaban J connectivity index is 2.99. The van der Waals surface area contributed by atoms with Crippen molar-refractivity contribution >= 4 is 42.0 Å². The first-order valence-corrected chi connectivity index (χ1v) is 3.29. The zero-order valence-corrected chi connectivity index (χ0v) is 7.24. The standard InChI is InChI=1S/C2H4O2S.Sb.2H/c3-2(4)1-5;;;/h5H,1H2,(H,3,4);;;/q;+1;;/p-1. The predicted octanol–water partition coefficient (Wildman–Crippen LogP) is -0.992. The van der Waals surface area contributed by atoms with Crippen molar-refractivity contribution in [2.24, 2.45) is 0 Å². The quantitative estimate of drug-likeness (QED) is 0.448. The van der Waals surface area contributed by atoms with E-state index in [0.29, 0.717) is 23.4 Å². The third-order valence-electron chi connectivity index (χ3n) is 0.261. The fraction of sp³-hybridized carbons (Fsp3) is 0.500. The molecule has 0 saturated heterocycles. The molecule has 0 saturated carbocycles. The van der Waals surface area contributed by atoms with Crippen LogP contribution in [0.2, 0.25) is 0 Å². The molecule has 0 aromatic rings. The van der Waals surface area contributed by atoms with E-state index in [9.17, 15) is 4.79 Å². The second-order valence-electron chi connectivity index (χ2n) is 0.648. The molecule has 0 bridgehead atoms. The predicted molar refractivity (Wildman–Crippen MR) is 28.5 cm³/mol. The van der Waals surface area contributed by atoms with E-state index in [1.807, 2.05) is 0 Å². The first kappa shape index (κ1) is 6.64. The molecule has 0 radical (unpaired) electrons. The van der Waals surface area contributed by atoms with Gasteiger partial charge in [0.1, 0.15) is 0 Å². The molecule has 0 aliphatic rings. The van der Waals surface area contributed by atoms with Gasteiger partial charge in [0.05, 0.1) is 0 Å². The van der Waals surface area contributed by atoms with Crippen LogP contribution in [0.1, 0.15) is 0 Å². The van der Waals surface area contributed by atoms with Gasteiger partial charge in [0.15, 0.2) is 0 Å². The van der Waals surface area contributed by atoms with E-state index < -0.39 is 0 Å². The van der Waals surface area contributed by atoms with E-state index in [2.05, 4.69) is 15.6 Å². The molecule has 36 valence electrons. The Kier molecular flexibility index (Phi) is 4.22. The van der Waals surface area contributed by atoms with Gasteiger partial charge in [0, 0.05) is 0 Å². The van der Waals surface area contributed by atoms with Crippen molar-refractivity contribution in [1.82, 2.24) is 0 Å². The van der Waals surface area contributed by atoms with Crippen LogP contribution in [0.25, 0.3) is 0 Å². The average molecular weight is 215 g/mol. The third-order valence-corrected chi connectivity index (χ3v) is 1.27. The number of thiol groups is 1. The summed E-state index contributed by atoms with van der Waals surface area (Å²) in [7, 11) is 0. The van der Waals surface area contributed by atoms with E-state index in [4.69, 9.17) is 0 Å². The van der Waals surface area contributed by atoms with Gasteiger partial charge >= 0.3 is 55.6 Å². The van der Waals surface area contributed by atoms with Crippen LogP contribution in [0.4, 0.5) is 0 Å². The molecule has 0 amide bonds. The van der Waals surface area contributed by atoms with E-state index >= 15 is 0 Å². The molecule has 0 rings (SSSR count). The molecule has 0 aliphatic carbocycles. The number of carbonyl (C=O) groups is 1. The fourth-order valence-electron chi connectivity index (χ4n) is 0.0373.